The van der Waals surface area contributed by atoms with Gasteiger partial charge in [-0.15, -0.1) is 23.7 Å². The Morgan fingerprint density at radius 2 is 2.08 bits per heavy atom. The first-order valence-electron chi connectivity index (χ1n) is 8.56. The molecule has 2 aromatic rings. The predicted octanol–water partition coefficient (Wildman–Crippen LogP) is 3.27. The van der Waals surface area contributed by atoms with E-state index in [4.69, 9.17) is 5.73 Å². The van der Waals surface area contributed by atoms with Gasteiger partial charge in [0.25, 0.3) is 5.91 Å². The third-order valence-electron chi connectivity index (χ3n) is 4.57. The number of likely N-dealkylation sites (tertiary alicyclic amines) is 1. The maximum absolute atomic E-state index is 12.3. The molecule has 2 heterocycles. The molecule has 1 aliphatic heterocycles. The second kappa shape index (κ2) is 9.92. The highest BCUT2D eigenvalue weighted by Gasteiger charge is 2.20. The molecule has 1 unspecified atom stereocenters. The van der Waals surface area contributed by atoms with E-state index in [1.54, 1.807) is 0 Å². The maximum Gasteiger partial charge on any atom is 0.251 e. The molecule has 1 aromatic carbocycles. The first-order chi connectivity index (χ1) is 11.7. The Balaban J connectivity index is 0.00000225. The van der Waals surface area contributed by atoms with E-state index in [-0.39, 0.29) is 18.3 Å². The standard InChI is InChI=1S/C19H25N3OS.ClH/c20-11-15-5-7-17(8-6-15)19(23)21-12-16-3-1-9-22(13-16)14-18-4-2-10-24-18;/h2,4-8,10,16H,1,3,9,11-14,20H2,(H,21,23);1H. The second-order valence-corrected chi connectivity index (χ2v) is 7.47. The summed E-state index contributed by atoms with van der Waals surface area (Å²) in [5.74, 6) is 0.542. The molecular formula is C19H26ClN3OS. The smallest absolute Gasteiger partial charge is 0.251 e. The normalized spacial score (nSPS) is 17.7. The zero-order chi connectivity index (χ0) is 16.8. The van der Waals surface area contributed by atoms with Gasteiger partial charge in [-0.25, -0.2) is 0 Å². The van der Waals surface area contributed by atoms with Gasteiger partial charge < -0.3 is 11.1 Å². The van der Waals surface area contributed by atoms with E-state index in [1.807, 2.05) is 35.6 Å². The van der Waals surface area contributed by atoms with Crippen molar-refractivity contribution in [3.63, 3.8) is 0 Å². The zero-order valence-corrected chi connectivity index (χ0v) is 16.0. The van der Waals surface area contributed by atoms with Gasteiger partial charge in [-0.3, -0.25) is 9.69 Å². The summed E-state index contributed by atoms with van der Waals surface area (Å²) < 4.78 is 0. The molecule has 4 nitrogen and oxygen atoms in total. The molecule has 3 rings (SSSR count). The van der Waals surface area contributed by atoms with Crippen LogP contribution in [0, 0.1) is 5.92 Å². The van der Waals surface area contributed by atoms with E-state index in [9.17, 15) is 4.79 Å². The number of amides is 1. The topological polar surface area (TPSA) is 58.4 Å². The van der Waals surface area contributed by atoms with Crippen molar-refractivity contribution in [1.29, 1.82) is 0 Å². The Bertz CT molecular complexity index is 645. The van der Waals surface area contributed by atoms with Gasteiger partial charge in [-0.2, -0.15) is 0 Å². The highest BCUT2D eigenvalue weighted by atomic mass is 35.5. The van der Waals surface area contributed by atoms with Crippen LogP contribution in [0.3, 0.4) is 0 Å². The number of carbonyl (C=O) groups is 1. The molecule has 1 atom stereocenters. The van der Waals surface area contributed by atoms with Gasteiger partial charge in [0.2, 0.25) is 0 Å². The third-order valence-corrected chi connectivity index (χ3v) is 5.43. The minimum atomic E-state index is 0. The molecular weight excluding hydrogens is 354 g/mol. The highest BCUT2D eigenvalue weighted by Crippen LogP contribution is 2.20. The lowest BCUT2D eigenvalue weighted by atomic mass is 9.97. The SMILES string of the molecule is Cl.NCc1ccc(C(=O)NCC2CCCN(Cc3cccs3)C2)cc1. The fourth-order valence-electron chi connectivity index (χ4n) is 3.22. The van der Waals surface area contributed by atoms with Crippen LogP contribution in [0.25, 0.3) is 0 Å². The summed E-state index contributed by atoms with van der Waals surface area (Å²) in [6.45, 7) is 4.50. The van der Waals surface area contributed by atoms with Crippen molar-refractivity contribution >= 4 is 29.7 Å². The van der Waals surface area contributed by atoms with Gasteiger partial charge in [0.05, 0.1) is 0 Å². The molecule has 6 heteroatoms. The molecule has 0 aliphatic carbocycles. The molecule has 0 spiro atoms. The predicted molar refractivity (Wildman–Crippen MR) is 106 cm³/mol. The number of nitrogens with two attached hydrogens (primary N) is 1. The number of benzene rings is 1. The minimum Gasteiger partial charge on any atom is -0.352 e. The molecule has 0 radical (unpaired) electrons. The van der Waals surface area contributed by atoms with Crippen LogP contribution in [-0.4, -0.2) is 30.4 Å². The lowest BCUT2D eigenvalue weighted by Gasteiger charge is -2.32. The molecule has 0 bridgehead atoms. The molecule has 1 fully saturated rings. The van der Waals surface area contributed by atoms with Crippen molar-refractivity contribution < 1.29 is 4.79 Å². The third kappa shape index (κ3) is 5.82. The Morgan fingerprint density at radius 3 is 2.76 bits per heavy atom. The average Bonchev–Trinajstić information content (AvgIpc) is 3.13. The van der Waals surface area contributed by atoms with Gasteiger partial charge in [0.1, 0.15) is 0 Å². The summed E-state index contributed by atoms with van der Waals surface area (Å²) >= 11 is 1.82. The number of nitrogens with zero attached hydrogens (tertiary/aromatic N) is 1. The number of hydrogen-bond acceptors (Lipinski definition) is 4. The molecule has 1 aliphatic rings. The molecule has 1 amide bonds. The first-order valence-corrected chi connectivity index (χ1v) is 9.44. The number of halogens is 1. The van der Waals surface area contributed by atoms with Crippen LogP contribution in [0.15, 0.2) is 41.8 Å². The fourth-order valence-corrected chi connectivity index (χ4v) is 3.96. The molecule has 1 saturated heterocycles. The lowest BCUT2D eigenvalue weighted by molar-refractivity contribution is 0.0931. The van der Waals surface area contributed by atoms with Crippen molar-refractivity contribution in [2.24, 2.45) is 11.7 Å². The number of hydrogen-bond donors (Lipinski definition) is 2. The number of rotatable bonds is 6. The van der Waals surface area contributed by atoms with Gasteiger partial charge in [-0.1, -0.05) is 18.2 Å². The Kier molecular flexibility index (Phi) is 7.90. The van der Waals surface area contributed by atoms with Gasteiger partial charge >= 0.3 is 0 Å². The van der Waals surface area contributed by atoms with E-state index in [0.29, 0.717) is 18.0 Å². The van der Waals surface area contributed by atoms with Crippen molar-refractivity contribution in [3.8, 4) is 0 Å². The van der Waals surface area contributed by atoms with Crippen LogP contribution in [-0.2, 0) is 13.1 Å². The monoisotopic (exact) mass is 379 g/mol. The Hall–Kier alpha value is -1.40. The van der Waals surface area contributed by atoms with Crippen LogP contribution in [0.4, 0.5) is 0 Å². The van der Waals surface area contributed by atoms with E-state index in [2.05, 4.69) is 27.7 Å². The Labute approximate surface area is 159 Å². The Morgan fingerprint density at radius 1 is 1.28 bits per heavy atom. The summed E-state index contributed by atoms with van der Waals surface area (Å²) in [5.41, 5.74) is 7.34. The first kappa shape index (κ1) is 19.9. The molecule has 0 saturated carbocycles. The van der Waals surface area contributed by atoms with Crippen molar-refractivity contribution in [2.75, 3.05) is 19.6 Å². The van der Waals surface area contributed by atoms with E-state index in [1.165, 1.54) is 17.7 Å². The fraction of sp³-hybridized carbons (Fsp3) is 0.421. The van der Waals surface area contributed by atoms with Gasteiger partial charge in [-0.05, 0) is 54.4 Å². The number of carbonyl (C=O) groups excluding carboxylic acids is 1. The van der Waals surface area contributed by atoms with Crippen molar-refractivity contribution in [2.45, 2.75) is 25.9 Å². The summed E-state index contributed by atoms with van der Waals surface area (Å²) in [5, 5.41) is 5.22. The van der Waals surface area contributed by atoms with Gasteiger partial charge in [0.15, 0.2) is 0 Å². The van der Waals surface area contributed by atoms with E-state index < -0.39 is 0 Å². The molecule has 1 aromatic heterocycles. The van der Waals surface area contributed by atoms with Crippen LogP contribution >= 0.6 is 23.7 Å². The van der Waals surface area contributed by atoms with Gasteiger partial charge in [0, 0.05) is 36.6 Å². The van der Waals surface area contributed by atoms with Crippen LogP contribution in [0.1, 0.15) is 33.6 Å². The molecule has 25 heavy (non-hydrogen) atoms. The van der Waals surface area contributed by atoms with Crippen LogP contribution < -0.4 is 11.1 Å². The minimum absolute atomic E-state index is 0. The van der Waals surface area contributed by atoms with E-state index in [0.717, 1.165) is 31.7 Å². The average molecular weight is 380 g/mol. The lowest BCUT2D eigenvalue weighted by Crippen LogP contribution is -2.40. The van der Waals surface area contributed by atoms with Crippen LogP contribution in [0.2, 0.25) is 0 Å². The molecule has 3 N–H and O–H groups in total. The quantitative estimate of drug-likeness (QED) is 0.809. The summed E-state index contributed by atoms with van der Waals surface area (Å²) in [6, 6.07) is 11.8. The zero-order valence-electron chi connectivity index (χ0n) is 14.3. The second-order valence-electron chi connectivity index (χ2n) is 6.43. The van der Waals surface area contributed by atoms with E-state index >= 15 is 0 Å². The number of piperidine rings is 1. The largest absolute Gasteiger partial charge is 0.352 e. The number of thiophene rings is 1. The summed E-state index contributed by atoms with van der Waals surface area (Å²) in [7, 11) is 0. The van der Waals surface area contributed by atoms with Crippen molar-refractivity contribution in [1.82, 2.24) is 10.2 Å². The van der Waals surface area contributed by atoms with Crippen LogP contribution in [0.5, 0.6) is 0 Å². The highest BCUT2D eigenvalue weighted by molar-refractivity contribution is 7.09. The summed E-state index contributed by atoms with van der Waals surface area (Å²) in [6.07, 6.45) is 2.39. The molecule has 136 valence electrons. The summed E-state index contributed by atoms with van der Waals surface area (Å²) in [4.78, 5) is 16.2. The number of nitrogens with one attached hydrogen (secondary N) is 1. The maximum atomic E-state index is 12.3. The van der Waals surface area contributed by atoms with Crippen molar-refractivity contribution in [3.05, 3.63) is 57.8 Å².